The van der Waals surface area contributed by atoms with Gasteiger partial charge in [0.15, 0.2) is 0 Å². The van der Waals surface area contributed by atoms with E-state index < -0.39 is 15.6 Å². The maximum absolute atomic E-state index is 14.2. The fourth-order valence-electron chi connectivity index (χ4n) is 3.85. The van der Waals surface area contributed by atoms with Crippen LogP contribution in [0.15, 0.2) is 47.4 Å². The van der Waals surface area contributed by atoms with E-state index in [4.69, 9.17) is 14.6 Å². The number of hydrogen-bond acceptors (Lipinski definition) is 5. The minimum Gasteiger partial charge on any atom is -0.460 e. The lowest BCUT2D eigenvalue weighted by molar-refractivity contribution is -0.154. The van der Waals surface area contributed by atoms with Gasteiger partial charge in [-0.05, 0) is 88.1 Å². The van der Waals surface area contributed by atoms with E-state index in [9.17, 15) is 17.6 Å². The molecule has 0 fully saturated rings. The molecule has 0 aromatic heterocycles. The predicted molar refractivity (Wildman–Crippen MR) is 140 cm³/mol. The van der Waals surface area contributed by atoms with E-state index in [0.29, 0.717) is 29.9 Å². The summed E-state index contributed by atoms with van der Waals surface area (Å²) < 4.78 is 48.0. The molecule has 2 aromatic carbocycles. The Bertz CT molecular complexity index is 1060. The maximum Gasteiger partial charge on any atom is 0.306 e. The average molecular weight is 522 g/mol. The minimum atomic E-state index is -3.76. The second kappa shape index (κ2) is 14.3. The molecule has 0 radical (unpaired) electrons. The molecule has 0 saturated heterocycles. The molecular weight excluding hydrogens is 481 g/mol. The molecule has 2 rings (SSSR count). The second-order valence-electron chi connectivity index (χ2n) is 10.1. The van der Waals surface area contributed by atoms with Gasteiger partial charge in [0.25, 0.3) is 0 Å². The molecule has 2 N–H and O–H groups in total. The molecule has 0 bridgehead atoms. The predicted octanol–water partition coefficient (Wildman–Crippen LogP) is 7.05. The number of halogens is 1. The molecule has 2 aromatic rings. The summed E-state index contributed by atoms with van der Waals surface area (Å²) in [5.74, 6) is 0.583. The van der Waals surface area contributed by atoms with Crippen molar-refractivity contribution < 1.29 is 27.1 Å². The Balaban J connectivity index is 1.60. The first-order valence-corrected chi connectivity index (χ1v) is 14.3. The highest BCUT2D eigenvalue weighted by molar-refractivity contribution is 7.89. The number of unbranched alkanes of at least 4 members (excludes halogenated alkanes) is 8. The second-order valence-corrected chi connectivity index (χ2v) is 11.7. The molecule has 36 heavy (non-hydrogen) atoms. The van der Waals surface area contributed by atoms with Crippen LogP contribution in [0.5, 0.6) is 11.5 Å². The van der Waals surface area contributed by atoms with Crippen LogP contribution >= 0.6 is 0 Å². The summed E-state index contributed by atoms with van der Waals surface area (Å²) in [6, 6.07) is 10.4. The lowest BCUT2D eigenvalue weighted by Gasteiger charge is -2.19. The molecule has 0 atom stereocenters. The van der Waals surface area contributed by atoms with Crippen LogP contribution in [-0.2, 0) is 26.0 Å². The van der Waals surface area contributed by atoms with Gasteiger partial charge < -0.3 is 9.47 Å². The third-order valence-electron chi connectivity index (χ3n) is 5.65. The Morgan fingerprint density at radius 3 is 1.92 bits per heavy atom. The fraction of sp³-hybridized carbons (Fsp3) is 0.536. The van der Waals surface area contributed by atoms with Gasteiger partial charge in [0, 0.05) is 6.42 Å². The quantitative estimate of drug-likeness (QED) is 0.200. The highest BCUT2D eigenvalue weighted by Gasteiger charge is 2.15. The van der Waals surface area contributed by atoms with Gasteiger partial charge in [0.2, 0.25) is 10.0 Å². The van der Waals surface area contributed by atoms with Crippen molar-refractivity contribution in [2.24, 2.45) is 5.14 Å². The first-order chi connectivity index (χ1) is 16.9. The van der Waals surface area contributed by atoms with Crippen LogP contribution in [0.1, 0.15) is 90.5 Å². The lowest BCUT2D eigenvalue weighted by atomic mass is 10.0. The molecule has 0 aliphatic carbocycles. The minimum absolute atomic E-state index is 0.00726. The summed E-state index contributed by atoms with van der Waals surface area (Å²) in [5, 5.41) is 5.11. The Morgan fingerprint density at radius 1 is 0.833 bits per heavy atom. The SMILES string of the molecule is CC(C)(C)OC(=O)CCCCCCCCCCCc1cc(Oc2ccc(S(N)(=O)=O)cc2)ccc1F. The molecule has 0 aliphatic rings. The summed E-state index contributed by atoms with van der Waals surface area (Å²) in [7, 11) is -3.76. The van der Waals surface area contributed by atoms with Gasteiger partial charge in [0.05, 0.1) is 4.90 Å². The highest BCUT2D eigenvalue weighted by Crippen LogP contribution is 2.26. The van der Waals surface area contributed by atoms with E-state index in [1.807, 2.05) is 20.8 Å². The molecule has 0 saturated carbocycles. The van der Waals surface area contributed by atoms with Gasteiger partial charge in [-0.1, -0.05) is 44.9 Å². The standard InChI is InChI=1S/C28H40FNO5S/c1-28(2,3)35-27(31)14-12-10-8-6-4-5-7-9-11-13-22-21-24(17-20-26(22)29)34-23-15-18-25(19-16-23)36(30,32)33/h15-21H,4-14H2,1-3H3,(H2,30,32,33). The Kier molecular flexibility index (Phi) is 11.9. The van der Waals surface area contributed by atoms with Crippen molar-refractivity contribution in [3.8, 4) is 11.5 Å². The summed E-state index contributed by atoms with van der Waals surface area (Å²) in [6.45, 7) is 5.66. The molecule has 0 heterocycles. The van der Waals surface area contributed by atoms with Crippen LogP contribution in [-0.4, -0.2) is 20.0 Å². The fourth-order valence-corrected chi connectivity index (χ4v) is 4.37. The number of primary sulfonamides is 1. The topological polar surface area (TPSA) is 95.7 Å². The molecule has 0 unspecified atom stereocenters. The number of esters is 1. The molecule has 0 aliphatic heterocycles. The van der Waals surface area contributed by atoms with Crippen LogP contribution in [0.25, 0.3) is 0 Å². The first-order valence-electron chi connectivity index (χ1n) is 12.7. The van der Waals surface area contributed by atoms with Crippen molar-refractivity contribution in [1.82, 2.24) is 0 Å². The number of nitrogens with two attached hydrogens (primary N) is 1. The Morgan fingerprint density at radius 2 is 1.36 bits per heavy atom. The van der Waals surface area contributed by atoms with Crippen molar-refractivity contribution in [3.63, 3.8) is 0 Å². The molecule has 0 amide bonds. The van der Waals surface area contributed by atoms with Crippen molar-refractivity contribution in [1.29, 1.82) is 0 Å². The smallest absolute Gasteiger partial charge is 0.306 e. The van der Waals surface area contributed by atoms with Crippen LogP contribution in [0.3, 0.4) is 0 Å². The largest absolute Gasteiger partial charge is 0.460 e. The number of rotatable bonds is 15. The Hall–Kier alpha value is -2.45. The molecular formula is C28H40FNO5S. The summed E-state index contributed by atoms with van der Waals surface area (Å²) in [6.07, 6.45) is 10.7. The number of sulfonamides is 1. The van der Waals surface area contributed by atoms with Gasteiger partial charge in [-0.15, -0.1) is 0 Å². The molecule has 6 nitrogen and oxygen atoms in total. The van der Waals surface area contributed by atoms with Crippen LogP contribution in [0.4, 0.5) is 4.39 Å². The van der Waals surface area contributed by atoms with Crippen molar-refractivity contribution in [2.75, 3.05) is 0 Å². The van der Waals surface area contributed by atoms with Gasteiger partial charge in [-0.3, -0.25) is 4.79 Å². The summed E-state index contributed by atoms with van der Waals surface area (Å²) in [5.41, 5.74) is 0.199. The molecule has 200 valence electrons. The van der Waals surface area contributed by atoms with Gasteiger partial charge >= 0.3 is 5.97 Å². The van der Waals surface area contributed by atoms with E-state index >= 15 is 0 Å². The van der Waals surface area contributed by atoms with Crippen LogP contribution in [0, 0.1) is 5.82 Å². The number of hydrogen-bond donors (Lipinski definition) is 1. The van der Waals surface area contributed by atoms with E-state index in [1.54, 1.807) is 12.1 Å². The van der Waals surface area contributed by atoms with E-state index in [1.165, 1.54) is 43.2 Å². The third kappa shape index (κ3) is 12.0. The average Bonchev–Trinajstić information content (AvgIpc) is 2.78. The van der Waals surface area contributed by atoms with E-state index in [2.05, 4.69) is 0 Å². The normalized spacial score (nSPS) is 11.9. The maximum atomic E-state index is 14.2. The monoisotopic (exact) mass is 521 g/mol. The zero-order valence-corrected chi connectivity index (χ0v) is 22.5. The van der Waals surface area contributed by atoms with E-state index in [-0.39, 0.29) is 16.7 Å². The number of ether oxygens (including phenoxy) is 2. The zero-order chi connectivity index (χ0) is 26.6. The molecule has 0 spiro atoms. The zero-order valence-electron chi connectivity index (χ0n) is 21.7. The van der Waals surface area contributed by atoms with Crippen LogP contribution < -0.4 is 9.88 Å². The van der Waals surface area contributed by atoms with Crippen molar-refractivity contribution in [3.05, 3.63) is 53.8 Å². The van der Waals surface area contributed by atoms with Gasteiger partial charge in [-0.2, -0.15) is 0 Å². The number of aryl methyl sites for hydroxylation is 1. The highest BCUT2D eigenvalue weighted by atomic mass is 32.2. The van der Waals surface area contributed by atoms with Gasteiger partial charge in [0.1, 0.15) is 22.9 Å². The third-order valence-corrected chi connectivity index (χ3v) is 6.58. The summed E-state index contributed by atoms with van der Waals surface area (Å²) >= 11 is 0. The number of benzene rings is 2. The molecule has 8 heteroatoms. The summed E-state index contributed by atoms with van der Waals surface area (Å²) in [4.78, 5) is 11.7. The number of carbonyl (C=O) groups excluding carboxylic acids is 1. The van der Waals surface area contributed by atoms with E-state index in [0.717, 1.165) is 44.9 Å². The first kappa shape index (κ1) is 29.8. The number of carbonyl (C=O) groups is 1. The Labute approximate surface area is 215 Å². The van der Waals surface area contributed by atoms with Crippen molar-refractivity contribution >= 4 is 16.0 Å². The van der Waals surface area contributed by atoms with Crippen LogP contribution in [0.2, 0.25) is 0 Å². The van der Waals surface area contributed by atoms with Gasteiger partial charge in [-0.25, -0.2) is 17.9 Å². The lowest BCUT2D eigenvalue weighted by Crippen LogP contribution is -2.23. The van der Waals surface area contributed by atoms with Crippen molar-refractivity contribution in [2.45, 2.75) is 102 Å².